The number of aliphatic hydroxyl groups is 1. The summed E-state index contributed by atoms with van der Waals surface area (Å²) in [5.74, 6) is 2.10. The van der Waals surface area contributed by atoms with Crippen molar-refractivity contribution in [3.8, 4) is 11.5 Å². The van der Waals surface area contributed by atoms with E-state index in [1.54, 1.807) is 0 Å². The summed E-state index contributed by atoms with van der Waals surface area (Å²) in [6, 6.07) is 4.31. The van der Waals surface area contributed by atoms with Crippen LogP contribution < -0.4 is 5.32 Å². The van der Waals surface area contributed by atoms with Gasteiger partial charge in [-0.15, -0.1) is 0 Å². The lowest BCUT2D eigenvalue weighted by Gasteiger charge is -2.18. The topological polar surface area (TPSA) is 74.1 Å². The van der Waals surface area contributed by atoms with Gasteiger partial charge in [-0.05, 0) is 37.8 Å². The number of aryl methyl sites for hydroxylation is 1. The third kappa shape index (κ3) is 2.64. The average Bonchev–Trinajstić information content (AvgIpc) is 3.15. The van der Waals surface area contributed by atoms with Crippen LogP contribution in [-0.2, 0) is 6.54 Å². The molecule has 0 aliphatic heterocycles. The van der Waals surface area contributed by atoms with Crippen LogP contribution in [0.25, 0.3) is 11.5 Å². The molecule has 108 valence electrons. The molecule has 3 rings (SSSR count). The number of nitrogens with one attached hydrogen (secondary N) is 2. The van der Waals surface area contributed by atoms with E-state index < -0.39 is 0 Å². The largest absolute Gasteiger partial charge is 0.460 e. The molecule has 1 aliphatic rings. The van der Waals surface area contributed by atoms with Crippen LogP contribution in [0, 0.1) is 12.8 Å². The second kappa shape index (κ2) is 5.81. The molecule has 1 saturated carbocycles. The highest BCUT2D eigenvalue weighted by Crippen LogP contribution is 2.27. The molecule has 0 amide bonds. The van der Waals surface area contributed by atoms with E-state index >= 15 is 0 Å². The molecule has 0 spiro atoms. The molecule has 20 heavy (non-hydrogen) atoms. The van der Waals surface area contributed by atoms with Crippen molar-refractivity contribution in [3.05, 3.63) is 29.7 Å². The first-order valence-corrected chi connectivity index (χ1v) is 7.21. The van der Waals surface area contributed by atoms with Crippen molar-refractivity contribution >= 4 is 0 Å². The molecule has 2 heterocycles. The van der Waals surface area contributed by atoms with Gasteiger partial charge in [0.05, 0.1) is 6.20 Å². The minimum Gasteiger partial charge on any atom is -0.460 e. The molecule has 2 aromatic rings. The Balaban J connectivity index is 1.68. The van der Waals surface area contributed by atoms with Gasteiger partial charge in [0.15, 0.2) is 5.76 Å². The first-order chi connectivity index (χ1) is 9.78. The molecule has 1 aliphatic carbocycles. The van der Waals surface area contributed by atoms with Gasteiger partial charge in [0.2, 0.25) is 0 Å². The SMILES string of the molecule is Cc1ccc(-c2[nH]ncc2CNC2CCCC2CO)o1. The zero-order valence-corrected chi connectivity index (χ0v) is 11.7. The van der Waals surface area contributed by atoms with Gasteiger partial charge >= 0.3 is 0 Å². The maximum atomic E-state index is 9.36. The van der Waals surface area contributed by atoms with Crippen molar-refractivity contribution < 1.29 is 9.52 Å². The van der Waals surface area contributed by atoms with E-state index in [2.05, 4.69) is 15.5 Å². The van der Waals surface area contributed by atoms with Crippen LogP contribution in [0.5, 0.6) is 0 Å². The number of rotatable bonds is 5. The van der Waals surface area contributed by atoms with Crippen molar-refractivity contribution in [3.63, 3.8) is 0 Å². The van der Waals surface area contributed by atoms with Crippen molar-refractivity contribution in [2.75, 3.05) is 6.61 Å². The molecule has 2 unspecified atom stereocenters. The number of hydrogen-bond donors (Lipinski definition) is 3. The van der Waals surface area contributed by atoms with Gasteiger partial charge in [-0.3, -0.25) is 5.10 Å². The molecule has 2 aromatic heterocycles. The summed E-state index contributed by atoms with van der Waals surface area (Å²) in [6.45, 7) is 2.95. The Kier molecular flexibility index (Phi) is 3.89. The van der Waals surface area contributed by atoms with Crippen molar-refractivity contribution in [2.24, 2.45) is 5.92 Å². The van der Waals surface area contributed by atoms with Gasteiger partial charge in [-0.1, -0.05) is 6.42 Å². The fourth-order valence-electron chi connectivity index (χ4n) is 2.99. The lowest BCUT2D eigenvalue weighted by Crippen LogP contribution is -2.33. The van der Waals surface area contributed by atoms with E-state index in [1.807, 2.05) is 25.3 Å². The molecule has 0 bridgehead atoms. The van der Waals surface area contributed by atoms with Gasteiger partial charge in [0.1, 0.15) is 11.5 Å². The number of nitrogens with zero attached hydrogens (tertiary/aromatic N) is 1. The smallest absolute Gasteiger partial charge is 0.152 e. The van der Waals surface area contributed by atoms with Crippen LogP contribution >= 0.6 is 0 Å². The molecule has 5 nitrogen and oxygen atoms in total. The van der Waals surface area contributed by atoms with Crippen molar-refractivity contribution in [1.29, 1.82) is 0 Å². The van der Waals surface area contributed by atoms with Crippen LogP contribution in [0.4, 0.5) is 0 Å². The molecule has 3 N–H and O–H groups in total. The molecular weight excluding hydrogens is 254 g/mol. The van der Waals surface area contributed by atoms with Crippen LogP contribution in [0.2, 0.25) is 0 Å². The molecular formula is C15H21N3O2. The van der Waals surface area contributed by atoms with E-state index in [9.17, 15) is 5.11 Å². The molecule has 0 radical (unpaired) electrons. The number of aromatic amines is 1. The molecule has 1 fully saturated rings. The lowest BCUT2D eigenvalue weighted by atomic mass is 10.0. The third-order valence-electron chi connectivity index (χ3n) is 4.15. The van der Waals surface area contributed by atoms with E-state index in [1.165, 1.54) is 6.42 Å². The summed E-state index contributed by atoms with van der Waals surface area (Å²) in [5, 5.41) is 20.0. The Bertz CT molecular complexity index is 561. The highest BCUT2D eigenvalue weighted by Gasteiger charge is 2.26. The van der Waals surface area contributed by atoms with E-state index in [-0.39, 0.29) is 6.61 Å². The summed E-state index contributed by atoms with van der Waals surface area (Å²) >= 11 is 0. The summed E-state index contributed by atoms with van der Waals surface area (Å²) in [4.78, 5) is 0. The highest BCUT2D eigenvalue weighted by atomic mass is 16.3. The normalized spacial score (nSPS) is 22.5. The number of furan rings is 1. The van der Waals surface area contributed by atoms with Crippen LogP contribution in [0.1, 0.15) is 30.6 Å². The standard InChI is InChI=1S/C15H21N3O2/c1-10-5-6-14(20-10)15-12(8-17-18-15)7-16-13-4-2-3-11(13)9-19/h5-6,8,11,13,16,19H,2-4,7,9H2,1H3,(H,17,18). The number of hydrogen-bond acceptors (Lipinski definition) is 4. The van der Waals surface area contributed by atoms with E-state index in [0.29, 0.717) is 12.0 Å². The van der Waals surface area contributed by atoms with Gasteiger partial charge in [0, 0.05) is 24.8 Å². The summed E-state index contributed by atoms with van der Waals surface area (Å²) < 4.78 is 5.64. The fraction of sp³-hybridized carbons (Fsp3) is 0.533. The Labute approximate surface area is 118 Å². The molecule has 5 heteroatoms. The van der Waals surface area contributed by atoms with Gasteiger partial charge in [-0.25, -0.2) is 0 Å². The Morgan fingerprint density at radius 2 is 2.35 bits per heavy atom. The van der Waals surface area contributed by atoms with E-state index in [4.69, 9.17) is 4.42 Å². The minimum absolute atomic E-state index is 0.271. The molecule has 0 aromatic carbocycles. The second-order valence-electron chi connectivity index (χ2n) is 5.54. The second-order valence-corrected chi connectivity index (χ2v) is 5.54. The summed E-state index contributed by atoms with van der Waals surface area (Å²) in [5.41, 5.74) is 2.03. The minimum atomic E-state index is 0.271. The van der Waals surface area contributed by atoms with E-state index in [0.717, 1.165) is 42.2 Å². The van der Waals surface area contributed by atoms with Crippen LogP contribution in [0.15, 0.2) is 22.7 Å². The van der Waals surface area contributed by atoms with Gasteiger partial charge < -0.3 is 14.8 Å². The quantitative estimate of drug-likeness (QED) is 0.782. The maximum Gasteiger partial charge on any atom is 0.152 e. The molecule has 2 atom stereocenters. The summed E-state index contributed by atoms with van der Waals surface area (Å²) in [7, 11) is 0. The zero-order valence-electron chi connectivity index (χ0n) is 11.7. The predicted molar refractivity (Wildman–Crippen MR) is 76.1 cm³/mol. The van der Waals surface area contributed by atoms with Crippen LogP contribution in [0.3, 0.4) is 0 Å². The maximum absolute atomic E-state index is 9.36. The Morgan fingerprint density at radius 1 is 1.45 bits per heavy atom. The Hall–Kier alpha value is -1.59. The predicted octanol–water partition coefficient (Wildman–Crippen LogP) is 2.23. The van der Waals surface area contributed by atoms with Crippen molar-refractivity contribution in [1.82, 2.24) is 15.5 Å². The van der Waals surface area contributed by atoms with Crippen LogP contribution in [-0.4, -0.2) is 28.0 Å². The fourth-order valence-corrected chi connectivity index (χ4v) is 2.99. The first kappa shape index (κ1) is 13.4. The zero-order chi connectivity index (χ0) is 13.9. The van der Waals surface area contributed by atoms with Gasteiger partial charge in [-0.2, -0.15) is 5.10 Å². The number of H-pyrrole nitrogens is 1. The highest BCUT2D eigenvalue weighted by molar-refractivity contribution is 5.56. The Morgan fingerprint density at radius 3 is 3.10 bits per heavy atom. The third-order valence-corrected chi connectivity index (χ3v) is 4.15. The molecule has 0 saturated heterocycles. The van der Waals surface area contributed by atoms with Crippen molar-refractivity contribution in [2.45, 2.75) is 38.8 Å². The van der Waals surface area contributed by atoms with Gasteiger partial charge in [0.25, 0.3) is 0 Å². The first-order valence-electron chi connectivity index (χ1n) is 7.21. The lowest BCUT2D eigenvalue weighted by molar-refractivity contribution is 0.205. The number of aromatic nitrogens is 2. The average molecular weight is 275 g/mol. The summed E-state index contributed by atoms with van der Waals surface area (Å²) in [6.07, 6.45) is 5.28. The monoisotopic (exact) mass is 275 g/mol. The number of aliphatic hydroxyl groups excluding tert-OH is 1.